The molecule has 2 rings (SSSR count). The summed E-state index contributed by atoms with van der Waals surface area (Å²) < 4.78 is 0. The van der Waals surface area contributed by atoms with Gasteiger partial charge >= 0.3 is 0 Å². The van der Waals surface area contributed by atoms with E-state index in [4.69, 9.17) is 5.73 Å². The molecular weight excluding hydrogens is 236 g/mol. The third-order valence-corrected chi connectivity index (χ3v) is 3.04. The van der Waals surface area contributed by atoms with Crippen molar-refractivity contribution >= 4 is 17.3 Å². The van der Waals surface area contributed by atoms with Crippen LogP contribution in [-0.4, -0.2) is 5.91 Å². The fraction of sp³-hybridized carbons (Fsp3) is 0.188. The van der Waals surface area contributed by atoms with E-state index in [0.29, 0.717) is 22.9 Å². The number of nitrogens with two attached hydrogens (primary N) is 1. The number of anilines is 2. The van der Waals surface area contributed by atoms with Crippen molar-refractivity contribution in [1.29, 1.82) is 0 Å². The minimum Gasteiger partial charge on any atom is -0.397 e. The average molecular weight is 254 g/mol. The zero-order valence-corrected chi connectivity index (χ0v) is 11.2. The quantitative estimate of drug-likeness (QED) is 0.821. The summed E-state index contributed by atoms with van der Waals surface area (Å²) in [6.45, 7) is 4.14. The highest BCUT2D eigenvalue weighted by Gasteiger charge is 2.13. The van der Waals surface area contributed by atoms with Crippen LogP contribution in [0.2, 0.25) is 0 Å². The van der Waals surface area contributed by atoms with E-state index < -0.39 is 0 Å². The lowest BCUT2D eigenvalue weighted by Crippen LogP contribution is -2.15. The molecule has 0 saturated heterocycles. The number of nitrogens with one attached hydrogen (secondary N) is 1. The molecule has 3 heteroatoms. The summed E-state index contributed by atoms with van der Waals surface area (Å²) in [6.07, 6.45) is 0. The maximum Gasteiger partial charge on any atom is 0.256 e. The molecule has 0 fully saturated rings. The fourth-order valence-corrected chi connectivity index (χ4v) is 2.01. The van der Waals surface area contributed by atoms with Crippen LogP contribution < -0.4 is 11.1 Å². The molecule has 1 amide bonds. The van der Waals surface area contributed by atoms with E-state index in [1.165, 1.54) is 0 Å². The van der Waals surface area contributed by atoms with E-state index in [0.717, 1.165) is 5.56 Å². The summed E-state index contributed by atoms with van der Waals surface area (Å²) in [5.74, 6) is 0.178. The predicted octanol–water partition coefficient (Wildman–Crippen LogP) is 3.64. The minimum atomic E-state index is -0.123. The van der Waals surface area contributed by atoms with Crippen molar-refractivity contribution in [3.8, 4) is 0 Å². The van der Waals surface area contributed by atoms with Crippen molar-refractivity contribution in [2.24, 2.45) is 0 Å². The molecule has 0 aliphatic carbocycles. The van der Waals surface area contributed by atoms with Crippen molar-refractivity contribution in [2.75, 3.05) is 11.1 Å². The largest absolute Gasteiger partial charge is 0.397 e. The maximum atomic E-state index is 12.3. The highest BCUT2D eigenvalue weighted by molar-refractivity contribution is 6.06. The Labute approximate surface area is 113 Å². The van der Waals surface area contributed by atoms with Gasteiger partial charge in [-0.1, -0.05) is 44.2 Å². The van der Waals surface area contributed by atoms with Gasteiger partial charge < -0.3 is 11.1 Å². The lowest BCUT2D eigenvalue weighted by atomic mass is 9.97. The summed E-state index contributed by atoms with van der Waals surface area (Å²) in [7, 11) is 0. The van der Waals surface area contributed by atoms with E-state index in [1.807, 2.05) is 36.4 Å². The molecule has 0 bridgehead atoms. The van der Waals surface area contributed by atoms with E-state index in [-0.39, 0.29) is 5.91 Å². The molecule has 3 nitrogen and oxygen atoms in total. The van der Waals surface area contributed by atoms with Crippen LogP contribution in [0.15, 0.2) is 48.5 Å². The van der Waals surface area contributed by atoms with Crippen LogP contribution in [0.5, 0.6) is 0 Å². The van der Waals surface area contributed by atoms with Crippen LogP contribution in [0.1, 0.15) is 35.7 Å². The van der Waals surface area contributed by atoms with Crippen molar-refractivity contribution in [2.45, 2.75) is 19.8 Å². The van der Waals surface area contributed by atoms with Crippen molar-refractivity contribution in [1.82, 2.24) is 0 Å². The topological polar surface area (TPSA) is 55.1 Å². The van der Waals surface area contributed by atoms with Crippen molar-refractivity contribution in [3.63, 3.8) is 0 Å². The maximum absolute atomic E-state index is 12.3. The van der Waals surface area contributed by atoms with E-state index in [1.54, 1.807) is 12.1 Å². The van der Waals surface area contributed by atoms with Gasteiger partial charge in [-0.2, -0.15) is 0 Å². The number of carbonyl (C=O) groups is 1. The lowest BCUT2D eigenvalue weighted by molar-refractivity contribution is 0.102. The van der Waals surface area contributed by atoms with Gasteiger partial charge in [-0.15, -0.1) is 0 Å². The van der Waals surface area contributed by atoms with Gasteiger partial charge in [0.05, 0.1) is 11.4 Å². The van der Waals surface area contributed by atoms with Gasteiger partial charge in [0.25, 0.3) is 5.91 Å². The summed E-state index contributed by atoms with van der Waals surface area (Å²) in [5, 5.41) is 2.86. The second-order valence-electron chi connectivity index (χ2n) is 4.78. The van der Waals surface area contributed by atoms with Gasteiger partial charge in [-0.05, 0) is 29.7 Å². The number of benzene rings is 2. The lowest BCUT2D eigenvalue weighted by Gasteiger charge is -2.13. The fourth-order valence-electron chi connectivity index (χ4n) is 2.01. The van der Waals surface area contributed by atoms with Crippen LogP contribution in [0.4, 0.5) is 11.4 Å². The van der Waals surface area contributed by atoms with Crippen molar-refractivity contribution < 1.29 is 4.79 Å². The third-order valence-electron chi connectivity index (χ3n) is 3.04. The Morgan fingerprint density at radius 3 is 2.37 bits per heavy atom. The molecule has 0 aromatic heterocycles. The molecule has 0 aliphatic rings. The zero-order chi connectivity index (χ0) is 13.8. The van der Waals surface area contributed by atoms with Crippen LogP contribution in [-0.2, 0) is 0 Å². The van der Waals surface area contributed by atoms with Gasteiger partial charge in [-0.25, -0.2) is 0 Å². The number of amides is 1. The first-order valence-electron chi connectivity index (χ1n) is 6.34. The number of hydrogen-bond acceptors (Lipinski definition) is 2. The minimum absolute atomic E-state index is 0.123. The van der Waals surface area contributed by atoms with Crippen molar-refractivity contribution in [3.05, 3.63) is 59.7 Å². The molecule has 98 valence electrons. The highest BCUT2D eigenvalue weighted by atomic mass is 16.1. The second kappa shape index (κ2) is 5.57. The predicted molar refractivity (Wildman–Crippen MR) is 79.3 cm³/mol. The summed E-state index contributed by atoms with van der Waals surface area (Å²) in [4.78, 5) is 12.3. The van der Waals surface area contributed by atoms with Crippen LogP contribution in [0.3, 0.4) is 0 Å². The highest BCUT2D eigenvalue weighted by Crippen LogP contribution is 2.22. The summed E-state index contributed by atoms with van der Waals surface area (Å²) >= 11 is 0. The molecule has 0 aliphatic heterocycles. The zero-order valence-electron chi connectivity index (χ0n) is 11.2. The van der Waals surface area contributed by atoms with Gasteiger partial charge in [-0.3, -0.25) is 4.79 Å². The molecule has 0 unspecified atom stereocenters. The molecule has 3 N–H and O–H groups in total. The van der Waals surface area contributed by atoms with Crippen LogP contribution in [0, 0.1) is 0 Å². The summed E-state index contributed by atoms with van der Waals surface area (Å²) in [6, 6.07) is 14.9. The van der Waals surface area contributed by atoms with E-state index in [9.17, 15) is 4.79 Å². The number of rotatable bonds is 3. The smallest absolute Gasteiger partial charge is 0.256 e. The Morgan fingerprint density at radius 2 is 1.68 bits per heavy atom. The molecule has 19 heavy (non-hydrogen) atoms. The Hall–Kier alpha value is -2.29. The molecule has 0 radical (unpaired) electrons. The van der Waals surface area contributed by atoms with E-state index in [2.05, 4.69) is 19.2 Å². The standard InChI is InChI=1S/C16H18N2O/c1-11(2)12-7-3-4-8-13(12)16(19)18-15-10-6-5-9-14(15)17/h3-11H,17H2,1-2H3,(H,18,19). The number of nitrogen functional groups attached to an aromatic ring is 1. The number of carbonyl (C=O) groups excluding carboxylic acids is 1. The van der Waals surface area contributed by atoms with Gasteiger partial charge in [0, 0.05) is 5.56 Å². The van der Waals surface area contributed by atoms with Crippen LogP contribution >= 0.6 is 0 Å². The second-order valence-corrected chi connectivity index (χ2v) is 4.78. The number of hydrogen-bond donors (Lipinski definition) is 2. The Bertz CT molecular complexity index is 591. The third kappa shape index (κ3) is 2.94. The Balaban J connectivity index is 2.29. The molecule has 0 atom stereocenters. The Kier molecular flexibility index (Phi) is 3.85. The monoisotopic (exact) mass is 254 g/mol. The Morgan fingerprint density at radius 1 is 1.05 bits per heavy atom. The number of para-hydroxylation sites is 2. The molecular formula is C16H18N2O. The SMILES string of the molecule is CC(C)c1ccccc1C(=O)Nc1ccccc1N. The first-order chi connectivity index (χ1) is 9.09. The molecule has 2 aromatic carbocycles. The van der Waals surface area contributed by atoms with Crippen LogP contribution in [0.25, 0.3) is 0 Å². The van der Waals surface area contributed by atoms with Gasteiger partial charge in [0.2, 0.25) is 0 Å². The summed E-state index contributed by atoms with van der Waals surface area (Å²) in [5.41, 5.74) is 8.77. The van der Waals surface area contributed by atoms with E-state index >= 15 is 0 Å². The molecule has 0 heterocycles. The average Bonchev–Trinajstić information content (AvgIpc) is 2.41. The first kappa shape index (κ1) is 13.1. The normalized spacial score (nSPS) is 10.5. The van der Waals surface area contributed by atoms with Gasteiger partial charge in [0.1, 0.15) is 0 Å². The molecule has 0 spiro atoms. The van der Waals surface area contributed by atoms with Gasteiger partial charge in [0.15, 0.2) is 0 Å². The molecule has 2 aromatic rings. The first-order valence-corrected chi connectivity index (χ1v) is 6.34. The molecule has 0 saturated carbocycles.